The summed E-state index contributed by atoms with van der Waals surface area (Å²) in [5, 5.41) is 4.64. The quantitative estimate of drug-likeness (QED) is 0.562. The Kier molecular flexibility index (Phi) is 3.93. The normalized spacial score (nSPS) is 11.3. The molecule has 0 amide bonds. The smallest absolute Gasteiger partial charge is 0.262 e. The van der Waals surface area contributed by atoms with Gasteiger partial charge >= 0.3 is 0 Å². The molecule has 0 spiro atoms. The second-order valence-electron chi connectivity index (χ2n) is 5.84. The van der Waals surface area contributed by atoms with E-state index in [1.165, 1.54) is 16.5 Å². The summed E-state index contributed by atoms with van der Waals surface area (Å²) in [6, 6.07) is 9.80. The molecule has 0 unspecified atom stereocenters. The second kappa shape index (κ2) is 6.25. The minimum atomic E-state index is -0.0870. The van der Waals surface area contributed by atoms with Crippen LogP contribution in [-0.2, 0) is 13.0 Å². The summed E-state index contributed by atoms with van der Waals surface area (Å²) in [4.78, 5) is 23.3. The van der Waals surface area contributed by atoms with Gasteiger partial charge in [-0.1, -0.05) is 41.9 Å². The minimum absolute atomic E-state index is 0.0870. The van der Waals surface area contributed by atoms with Gasteiger partial charge in [0.1, 0.15) is 11.4 Å². The Morgan fingerprint density at radius 3 is 2.80 bits per heavy atom. The summed E-state index contributed by atoms with van der Waals surface area (Å²) >= 11 is 1.55. The van der Waals surface area contributed by atoms with Crippen LogP contribution in [0.4, 0.5) is 0 Å². The maximum Gasteiger partial charge on any atom is 0.262 e. The molecular weight excluding hydrogens is 336 g/mol. The Labute approximate surface area is 147 Å². The summed E-state index contributed by atoms with van der Waals surface area (Å²) in [5.41, 5.74) is 1.96. The molecule has 4 rings (SSSR count). The van der Waals surface area contributed by atoms with E-state index in [0.717, 1.165) is 21.7 Å². The lowest BCUT2D eigenvalue weighted by molar-refractivity contribution is 0.369. The third kappa shape index (κ3) is 2.98. The molecule has 126 valence electrons. The number of thiophene rings is 1. The van der Waals surface area contributed by atoms with E-state index in [9.17, 15) is 4.79 Å². The number of hydrogen-bond acceptors (Lipinski definition) is 6. The summed E-state index contributed by atoms with van der Waals surface area (Å²) in [7, 11) is 0. The lowest BCUT2D eigenvalue weighted by Gasteiger charge is -2.00. The zero-order chi connectivity index (χ0) is 17.4. The van der Waals surface area contributed by atoms with Gasteiger partial charge in [-0.2, -0.15) is 4.98 Å². The molecule has 25 heavy (non-hydrogen) atoms. The van der Waals surface area contributed by atoms with Crippen LogP contribution < -0.4 is 5.56 Å². The average molecular weight is 352 g/mol. The van der Waals surface area contributed by atoms with Crippen molar-refractivity contribution in [3.8, 4) is 11.4 Å². The molecule has 0 saturated carbocycles. The number of nitrogens with zero attached hydrogens (tertiary/aromatic N) is 4. The number of fused-ring (bicyclic) bond motifs is 1. The van der Waals surface area contributed by atoms with Crippen molar-refractivity contribution < 1.29 is 4.52 Å². The lowest BCUT2D eigenvalue weighted by atomic mass is 10.1. The van der Waals surface area contributed by atoms with Gasteiger partial charge in [0.15, 0.2) is 0 Å². The van der Waals surface area contributed by atoms with Crippen molar-refractivity contribution >= 4 is 21.6 Å². The first-order valence-electron chi connectivity index (χ1n) is 8.01. The van der Waals surface area contributed by atoms with Crippen molar-refractivity contribution in [2.75, 3.05) is 0 Å². The van der Waals surface area contributed by atoms with Gasteiger partial charge < -0.3 is 4.52 Å². The van der Waals surface area contributed by atoms with Crippen molar-refractivity contribution in [1.29, 1.82) is 0 Å². The number of hydrogen-bond donors (Lipinski definition) is 0. The van der Waals surface area contributed by atoms with Crippen LogP contribution in [0, 0.1) is 6.92 Å². The van der Waals surface area contributed by atoms with Gasteiger partial charge in [-0.3, -0.25) is 9.36 Å². The van der Waals surface area contributed by atoms with E-state index in [1.807, 2.05) is 37.3 Å². The Morgan fingerprint density at radius 1 is 1.24 bits per heavy atom. The number of rotatable bonds is 4. The zero-order valence-corrected chi connectivity index (χ0v) is 14.7. The number of aromatic nitrogens is 4. The molecule has 0 radical (unpaired) electrons. The minimum Gasteiger partial charge on any atom is -0.337 e. The molecule has 0 bridgehead atoms. The van der Waals surface area contributed by atoms with E-state index in [2.05, 4.69) is 22.0 Å². The summed E-state index contributed by atoms with van der Waals surface area (Å²) in [5.74, 6) is 0.894. The molecule has 7 heteroatoms. The molecule has 0 atom stereocenters. The van der Waals surface area contributed by atoms with Crippen molar-refractivity contribution in [1.82, 2.24) is 19.7 Å². The van der Waals surface area contributed by atoms with E-state index >= 15 is 0 Å². The standard InChI is InChI=1S/C18H16N4O2S/c1-3-13-8-14-17(25-13)19-10-22(18(14)23)9-15-20-16(21-24-15)12-6-4-11(2)5-7-12/h4-8,10H,3,9H2,1-2H3. The molecule has 0 aliphatic heterocycles. The first-order chi connectivity index (χ1) is 12.1. The molecule has 4 aromatic rings. The van der Waals surface area contributed by atoms with Crippen LogP contribution in [0.5, 0.6) is 0 Å². The topological polar surface area (TPSA) is 73.8 Å². The van der Waals surface area contributed by atoms with Crippen molar-refractivity contribution in [3.63, 3.8) is 0 Å². The van der Waals surface area contributed by atoms with Crippen molar-refractivity contribution in [2.24, 2.45) is 0 Å². The van der Waals surface area contributed by atoms with Gasteiger partial charge in [-0.05, 0) is 19.4 Å². The lowest BCUT2D eigenvalue weighted by Crippen LogP contribution is -2.20. The Hall–Kier alpha value is -2.80. The Balaban J connectivity index is 1.64. The average Bonchev–Trinajstić information content (AvgIpc) is 3.25. The van der Waals surface area contributed by atoms with Crippen LogP contribution in [0.1, 0.15) is 23.3 Å². The zero-order valence-electron chi connectivity index (χ0n) is 13.9. The van der Waals surface area contributed by atoms with Crippen LogP contribution in [0.25, 0.3) is 21.6 Å². The second-order valence-corrected chi connectivity index (χ2v) is 6.96. The molecule has 0 aliphatic carbocycles. The van der Waals surface area contributed by atoms with Crippen LogP contribution in [0.15, 0.2) is 46.0 Å². The monoisotopic (exact) mass is 352 g/mol. The third-order valence-corrected chi connectivity index (χ3v) is 5.19. The molecule has 6 nitrogen and oxygen atoms in total. The van der Waals surface area contributed by atoms with Gasteiger partial charge in [0, 0.05) is 10.4 Å². The van der Waals surface area contributed by atoms with Crippen LogP contribution >= 0.6 is 11.3 Å². The summed E-state index contributed by atoms with van der Waals surface area (Å²) in [6.07, 6.45) is 2.43. The maximum atomic E-state index is 12.6. The van der Waals surface area contributed by atoms with Gasteiger partial charge in [-0.25, -0.2) is 4.98 Å². The SMILES string of the molecule is CCc1cc2c(=O)n(Cc3nc(-c4ccc(C)cc4)no3)cnc2s1. The molecule has 0 saturated heterocycles. The Morgan fingerprint density at radius 2 is 2.04 bits per heavy atom. The van der Waals surface area contributed by atoms with E-state index in [0.29, 0.717) is 17.1 Å². The van der Waals surface area contributed by atoms with E-state index in [1.54, 1.807) is 11.3 Å². The summed E-state index contributed by atoms with van der Waals surface area (Å²) in [6.45, 7) is 4.29. The Bertz CT molecular complexity index is 1090. The highest BCUT2D eigenvalue weighted by atomic mass is 32.1. The largest absolute Gasteiger partial charge is 0.337 e. The highest BCUT2D eigenvalue weighted by molar-refractivity contribution is 7.18. The molecule has 3 aromatic heterocycles. The fourth-order valence-electron chi connectivity index (χ4n) is 2.58. The molecule has 0 N–H and O–H groups in total. The maximum absolute atomic E-state index is 12.6. The van der Waals surface area contributed by atoms with Crippen LogP contribution in [0.2, 0.25) is 0 Å². The van der Waals surface area contributed by atoms with Crippen molar-refractivity contribution in [2.45, 2.75) is 26.8 Å². The van der Waals surface area contributed by atoms with Crippen molar-refractivity contribution in [3.05, 3.63) is 63.3 Å². The molecule has 1 aromatic carbocycles. The molecular formula is C18H16N4O2S. The fraction of sp³-hybridized carbons (Fsp3) is 0.222. The molecule has 3 heterocycles. The van der Waals surface area contributed by atoms with E-state index in [-0.39, 0.29) is 12.1 Å². The highest BCUT2D eigenvalue weighted by Crippen LogP contribution is 2.21. The third-order valence-electron chi connectivity index (χ3n) is 4.00. The van der Waals surface area contributed by atoms with Gasteiger partial charge in [-0.15, -0.1) is 11.3 Å². The predicted octanol–water partition coefficient (Wildman–Crippen LogP) is 3.43. The fourth-order valence-corrected chi connectivity index (χ4v) is 3.51. The molecule has 0 fully saturated rings. The molecule has 0 aliphatic rings. The van der Waals surface area contributed by atoms with Crippen LogP contribution in [0.3, 0.4) is 0 Å². The predicted molar refractivity (Wildman–Crippen MR) is 96.8 cm³/mol. The first kappa shape index (κ1) is 15.7. The van der Waals surface area contributed by atoms with Gasteiger partial charge in [0.25, 0.3) is 5.56 Å². The first-order valence-corrected chi connectivity index (χ1v) is 8.83. The number of aryl methyl sites for hydroxylation is 2. The van der Waals surface area contributed by atoms with E-state index < -0.39 is 0 Å². The van der Waals surface area contributed by atoms with Gasteiger partial charge in [0.2, 0.25) is 11.7 Å². The number of benzene rings is 1. The highest BCUT2D eigenvalue weighted by Gasteiger charge is 2.12. The summed E-state index contributed by atoms with van der Waals surface area (Å²) < 4.78 is 6.80. The van der Waals surface area contributed by atoms with Crippen LogP contribution in [-0.4, -0.2) is 19.7 Å². The van der Waals surface area contributed by atoms with Gasteiger partial charge in [0.05, 0.1) is 11.7 Å². The van der Waals surface area contributed by atoms with E-state index in [4.69, 9.17) is 4.52 Å².